The molecule has 0 radical (unpaired) electrons. The Balaban J connectivity index is 3.11. The number of ketones is 1. The number of Topliss-reactive ketones (excluding diaryl/α,β-unsaturated/α-hetero) is 1. The van der Waals surface area contributed by atoms with E-state index in [-0.39, 0.29) is 16.2 Å². The van der Waals surface area contributed by atoms with Crippen LogP contribution in [0, 0.1) is 0 Å². The molecule has 0 aliphatic heterocycles. The number of sulfone groups is 1. The summed E-state index contributed by atoms with van der Waals surface area (Å²) in [6, 6.07) is 7.84. The average Bonchev–Trinajstić information content (AvgIpc) is 2.26. The monoisotopic (exact) mass is 254 g/mol. The highest BCUT2D eigenvalue weighted by Crippen LogP contribution is 2.15. The van der Waals surface area contributed by atoms with Crippen LogP contribution in [-0.2, 0) is 14.6 Å². The molecule has 1 aromatic rings. The second-order valence-electron chi connectivity index (χ2n) is 3.69. The predicted molar refractivity (Wildman–Crippen MR) is 64.5 cm³/mol. The highest BCUT2D eigenvalue weighted by Gasteiger charge is 2.20. The summed E-state index contributed by atoms with van der Waals surface area (Å²) in [6.45, 7) is 2.53. The van der Waals surface area contributed by atoms with Gasteiger partial charge in [-0.2, -0.15) is 0 Å². The molecule has 5 heteroatoms. The highest BCUT2D eigenvalue weighted by atomic mass is 32.2. The molecule has 92 valence electrons. The number of carbonyl (C=O) groups excluding carboxylic acids is 1. The van der Waals surface area contributed by atoms with Crippen molar-refractivity contribution in [2.45, 2.75) is 18.7 Å². The van der Waals surface area contributed by atoms with E-state index in [0.717, 1.165) is 0 Å². The summed E-state index contributed by atoms with van der Waals surface area (Å²) in [7, 11) is -3.59. The fraction of sp³-hybridized carbons (Fsp3) is 0.250. The Labute approximate surface area is 101 Å². The van der Waals surface area contributed by atoms with Crippen LogP contribution in [0.1, 0.15) is 13.8 Å². The van der Waals surface area contributed by atoms with Crippen LogP contribution in [0.2, 0.25) is 0 Å². The topological polar surface area (TPSA) is 71.4 Å². The Morgan fingerprint density at radius 3 is 2.12 bits per heavy atom. The zero-order chi connectivity index (χ0) is 13.1. The van der Waals surface area contributed by atoms with Crippen LogP contribution in [0.15, 0.2) is 46.6 Å². The van der Waals surface area contributed by atoms with E-state index < -0.39 is 21.4 Å². The number of aliphatic hydroxyl groups is 1. The molecule has 0 aliphatic rings. The largest absolute Gasteiger partial charge is 0.512 e. The van der Waals surface area contributed by atoms with E-state index in [1.54, 1.807) is 18.2 Å². The van der Waals surface area contributed by atoms with Crippen molar-refractivity contribution in [3.63, 3.8) is 0 Å². The number of allylic oxidation sites excluding steroid dienone is 1. The first-order chi connectivity index (χ1) is 7.84. The van der Waals surface area contributed by atoms with E-state index in [2.05, 4.69) is 0 Å². The van der Waals surface area contributed by atoms with Gasteiger partial charge in [0.25, 0.3) is 0 Å². The maximum absolute atomic E-state index is 12.0. The van der Waals surface area contributed by atoms with Crippen LogP contribution in [0.25, 0.3) is 0 Å². The third-order valence-electron chi connectivity index (χ3n) is 2.30. The van der Waals surface area contributed by atoms with Crippen molar-refractivity contribution in [1.82, 2.24) is 0 Å². The van der Waals surface area contributed by atoms with Gasteiger partial charge in [-0.3, -0.25) is 4.79 Å². The van der Waals surface area contributed by atoms with Crippen molar-refractivity contribution in [3.8, 4) is 0 Å². The molecular formula is C12H14O4S. The van der Waals surface area contributed by atoms with Crippen LogP contribution in [0.5, 0.6) is 0 Å². The molecule has 0 amide bonds. The van der Waals surface area contributed by atoms with Crippen molar-refractivity contribution < 1.29 is 18.3 Å². The number of hydrogen-bond donors (Lipinski definition) is 1. The van der Waals surface area contributed by atoms with E-state index in [1.807, 2.05) is 0 Å². The molecular weight excluding hydrogens is 240 g/mol. The first-order valence-corrected chi connectivity index (χ1v) is 6.67. The molecule has 0 unspecified atom stereocenters. The molecule has 0 saturated heterocycles. The summed E-state index contributed by atoms with van der Waals surface area (Å²) < 4.78 is 23.9. The van der Waals surface area contributed by atoms with Gasteiger partial charge in [-0.1, -0.05) is 18.2 Å². The number of carbonyl (C=O) groups is 1. The maximum atomic E-state index is 12.0. The van der Waals surface area contributed by atoms with Gasteiger partial charge in [0.05, 0.1) is 16.4 Å². The van der Waals surface area contributed by atoms with Gasteiger partial charge in [0.15, 0.2) is 15.6 Å². The lowest BCUT2D eigenvalue weighted by molar-refractivity contribution is -0.113. The molecule has 1 N–H and O–H groups in total. The molecule has 17 heavy (non-hydrogen) atoms. The van der Waals surface area contributed by atoms with Gasteiger partial charge in [-0.05, 0) is 26.0 Å². The summed E-state index contributed by atoms with van der Waals surface area (Å²) in [5.41, 5.74) is -0.0751. The SMILES string of the molecule is CC(=O)/C(CS(=O)(=O)c1ccccc1)=C(\C)O. The number of hydrogen-bond acceptors (Lipinski definition) is 4. The minimum atomic E-state index is -3.59. The fourth-order valence-corrected chi connectivity index (χ4v) is 2.89. The Morgan fingerprint density at radius 2 is 1.71 bits per heavy atom. The highest BCUT2D eigenvalue weighted by molar-refractivity contribution is 7.91. The van der Waals surface area contributed by atoms with Crippen LogP contribution in [-0.4, -0.2) is 25.1 Å². The second-order valence-corrected chi connectivity index (χ2v) is 5.68. The number of rotatable bonds is 4. The first-order valence-electron chi connectivity index (χ1n) is 5.02. The van der Waals surface area contributed by atoms with E-state index in [1.165, 1.54) is 26.0 Å². The zero-order valence-electron chi connectivity index (χ0n) is 9.67. The minimum Gasteiger partial charge on any atom is -0.512 e. The fourth-order valence-electron chi connectivity index (χ4n) is 1.36. The van der Waals surface area contributed by atoms with E-state index in [9.17, 15) is 18.3 Å². The van der Waals surface area contributed by atoms with Gasteiger partial charge in [0.1, 0.15) is 0 Å². The minimum absolute atomic E-state index is 0.0751. The first kappa shape index (κ1) is 13.4. The van der Waals surface area contributed by atoms with Gasteiger partial charge in [-0.25, -0.2) is 8.42 Å². The normalized spacial score (nSPS) is 13.1. The van der Waals surface area contributed by atoms with Crippen LogP contribution < -0.4 is 0 Å². The molecule has 0 saturated carbocycles. The van der Waals surface area contributed by atoms with Gasteiger partial charge < -0.3 is 5.11 Å². The Bertz CT molecular complexity index is 537. The lowest BCUT2D eigenvalue weighted by atomic mass is 10.2. The Hall–Kier alpha value is -1.62. The summed E-state index contributed by atoms with van der Waals surface area (Å²) >= 11 is 0. The Kier molecular flexibility index (Phi) is 4.07. The van der Waals surface area contributed by atoms with Gasteiger partial charge in [0.2, 0.25) is 0 Å². The summed E-state index contributed by atoms with van der Waals surface area (Å²) in [6.07, 6.45) is 0. The van der Waals surface area contributed by atoms with E-state index in [4.69, 9.17) is 0 Å². The van der Waals surface area contributed by atoms with Crippen molar-refractivity contribution >= 4 is 15.6 Å². The third-order valence-corrected chi connectivity index (χ3v) is 3.96. The quantitative estimate of drug-likeness (QED) is 0.657. The smallest absolute Gasteiger partial charge is 0.182 e. The van der Waals surface area contributed by atoms with E-state index in [0.29, 0.717) is 0 Å². The molecule has 0 spiro atoms. The van der Waals surface area contributed by atoms with Crippen molar-refractivity contribution in [2.75, 3.05) is 5.75 Å². The van der Waals surface area contributed by atoms with Crippen molar-refractivity contribution in [1.29, 1.82) is 0 Å². The lowest BCUT2D eigenvalue weighted by Gasteiger charge is -2.07. The van der Waals surface area contributed by atoms with Crippen molar-refractivity contribution in [3.05, 3.63) is 41.7 Å². The number of aliphatic hydroxyl groups excluding tert-OH is 1. The lowest BCUT2D eigenvalue weighted by Crippen LogP contribution is -2.15. The van der Waals surface area contributed by atoms with Gasteiger partial charge in [0, 0.05) is 5.57 Å². The van der Waals surface area contributed by atoms with Crippen molar-refractivity contribution in [2.24, 2.45) is 0 Å². The third kappa shape index (κ3) is 3.42. The molecule has 1 rings (SSSR count). The number of benzene rings is 1. The molecule has 0 bridgehead atoms. The van der Waals surface area contributed by atoms with E-state index >= 15 is 0 Å². The molecule has 4 nitrogen and oxygen atoms in total. The van der Waals surface area contributed by atoms with Crippen LogP contribution in [0.4, 0.5) is 0 Å². The average molecular weight is 254 g/mol. The summed E-state index contributed by atoms with van der Waals surface area (Å²) in [5, 5.41) is 9.29. The predicted octanol–water partition coefficient (Wildman–Crippen LogP) is 1.88. The molecule has 0 aromatic heterocycles. The molecule has 0 atom stereocenters. The molecule has 0 fully saturated rings. The standard InChI is InChI=1S/C12H14O4S/c1-9(13)12(10(2)14)8-17(15,16)11-6-4-3-5-7-11/h3-7,13H,8H2,1-2H3/b12-9+. The van der Waals surface area contributed by atoms with Crippen LogP contribution in [0.3, 0.4) is 0 Å². The van der Waals surface area contributed by atoms with Gasteiger partial charge in [-0.15, -0.1) is 0 Å². The maximum Gasteiger partial charge on any atom is 0.182 e. The zero-order valence-corrected chi connectivity index (χ0v) is 10.5. The molecule has 0 aliphatic carbocycles. The van der Waals surface area contributed by atoms with Gasteiger partial charge >= 0.3 is 0 Å². The van der Waals surface area contributed by atoms with Crippen LogP contribution >= 0.6 is 0 Å². The second kappa shape index (κ2) is 5.14. The molecule has 0 heterocycles. The summed E-state index contributed by atoms with van der Waals surface area (Å²) in [4.78, 5) is 11.4. The summed E-state index contributed by atoms with van der Waals surface area (Å²) in [5.74, 6) is -1.17. The molecule has 1 aromatic carbocycles. The Morgan fingerprint density at radius 1 is 1.18 bits per heavy atom.